The zero-order chi connectivity index (χ0) is 6.85. The first-order valence-corrected chi connectivity index (χ1v) is 4.62. The lowest BCUT2D eigenvalue weighted by molar-refractivity contribution is 0.246. The molecule has 2 heteroatoms. The summed E-state index contributed by atoms with van der Waals surface area (Å²) in [5, 5.41) is 0. The summed E-state index contributed by atoms with van der Waals surface area (Å²) in [6, 6.07) is 1.60. The van der Waals surface area contributed by atoms with Gasteiger partial charge in [0.2, 0.25) is 0 Å². The van der Waals surface area contributed by atoms with Gasteiger partial charge in [-0.05, 0) is 26.7 Å². The molecule has 0 aliphatic carbocycles. The predicted molar refractivity (Wildman–Crippen MR) is 48.6 cm³/mol. The quantitative estimate of drug-likeness (QED) is 0.464. The van der Waals surface area contributed by atoms with Crippen molar-refractivity contribution in [2.75, 3.05) is 0 Å². The normalized spacial score (nSPS) is 39.0. The molecular formula is C7H14IN. The number of halogens is 1. The summed E-state index contributed by atoms with van der Waals surface area (Å²) in [6.07, 6.45) is 4.18. The first kappa shape index (κ1) is 7.79. The molecule has 1 aliphatic rings. The van der Waals surface area contributed by atoms with E-state index < -0.39 is 0 Å². The van der Waals surface area contributed by atoms with Crippen molar-refractivity contribution in [1.82, 2.24) is 3.11 Å². The summed E-state index contributed by atoms with van der Waals surface area (Å²) in [5.74, 6) is 0. The highest BCUT2D eigenvalue weighted by atomic mass is 127. The Hall–Kier alpha value is 0.690. The monoisotopic (exact) mass is 239 g/mol. The molecule has 54 valence electrons. The zero-order valence-corrected chi connectivity index (χ0v) is 8.26. The van der Waals surface area contributed by atoms with Gasteiger partial charge in [0, 0.05) is 34.9 Å². The van der Waals surface area contributed by atoms with Crippen LogP contribution in [-0.2, 0) is 0 Å². The van der Waals surface area contributed by atoms with Crippen LogP contribution in [0.4, 0.5) is 0 Å². The van der Waals surface area contributed by atoms with Crippen molar-refractivity contribution in [2.45, 2.75) is 45.2 Å². The molecule has 1 rings (SSSR count). The molecule has 0 bridgehead atoms. The van der Waals surface area contributed by atoms with E-state index in [-0.39, 0.29) is 0 Å². The molecule has 0 amide bonds. The minimum absolute atomic E-state index is 0.800. The van der Waals surface area contributed by atoms with Gasteiger partial charge < -0.3 is 0 Å². The van der Waals surface area contributed by atoms with Crippen LogP contribution in [0.3, 0.4) is 0 Å². The second-order valence-corrected chi connectivity index (χ2v) is 4.09. The third kappa shape index (κ3) is 1.80. The van der Waals surface area contributed by atoms with E-state index >= 15 is 0 Å². The van der Waals surface area contributed by atoms with Gasteiger partial charge in [-0.2, -0.15) is 0 Å². The van der Waals surface area contributed by atoms with Crippen molar-refractivity contribution in [3.8, 4) is 0 Å². The van der Waals surface area contributed by atoms with Crippen molar-refractivity contribution in [2.24, 2.45) is 0 Å². The van der Waals surface area contributed by atoms with Crippen molar-refractivity contribution in [1.29, 1.82) is 0 Å². The van der Waals surface area contributed by atoms with Crippen LogP contribution >= 0.6 is 22.9 Å². The molecule has 0 aromatic rings. The standard InChI is InChI=1S/C7H14IN/c1-6-4-3-5-7(2)9(6)8/h6-7H,3-5H2,1-2H3/t6-,7+. The number of nitrogens with zero attached hydrogens (tertiary/aromatic N) is 1. The molecule has 0 spiro atoms. The molecule has 0 radical (unpaired) electrons. The summed E-state index contributed by atoms with van der Waals surface area (Å²) in [4.78, 5) is 0. The number of piperidine rings is 1. The van der Waals surface area contributed by atoms with Crippen LogP contribution < -0.4 is 0 Å². The van der Waals surface area contributed by atoms with Gasteiger partial charge in [-0.25, -0.2) is 3.11 Å². The average Bonchev–Trinajstić information content (AvgIpc) is 1.83. The molecule has 0 aromatic heterocycles. The average molecular weight is 239 g/mol. The van der Waals surface area contributed by atoms with Gasteiger partial charge in [0.15, 0.2) is 0 Å². The SMILES string of the molecule is C[C@@H]1CCC[C@H](C)N1I. The van der Waals surface area contributed by atoms with Crippen molar-refractivity contribution in [3.05, 3.63) is 0 Å². The van der Waals surface area contributed by atoms with Crippen LogP contribution in [0.1, 0.15) is 33.1 Å². The van der Waals surface area contributed by atoms with E-state index in [1.54, 1.807) is 0 Å². The molecule has 0 unspecified atom stereocenters. The summed E-state index contributed by atoms with van der Waals surface area (Å²) in [7, 11) is 0. The van der Waals surface area contributed by atoms with E-state index in [4.69, 9.17) is 0 Å². The Morgan fingerprint density at radius 2 is 1.67 bits per heavy atom. The molecule has 9 heavy (non-hydrogen) atoms. The molecular weight excluding hydrogens is 225 g/mol. The second-order valence-electron chi connectivity index (χ2n) is 2.97. The van der Waals surface area contributed by atoms with Crippen LogP contribution in [0.15, 0.2) is 0 Å². The van der Waals surface area contributed by atoms with E-state index in [0.717, 1.165) is 12.1 Å². The minimum atomic E-state index is 0.800. The fraction of sp³-hybridized carbons (Fsp3) is 1.00. The van der Waals surface area contributed by atoms with Gasteiger partial charge in [-0.1, -0.05) is 6.42 Å². The van der Waals surface area contributed by atoms with Crippen LogP contribution in [0.5, 0.6) is 0 Å². The maximum absolute atomic E-state index is 2.45. The smallest absolute Gasteiger partial charge is 0.0207 e. The third-order valence-corrected chi connectivity index (χ3v) is 3.99. The maximum atomic E-state index is 2.45. The lowest BCUT2D eigenvalue weighted by Gasteiger charge is -2.33. The molecule has 2 atom stereocenters. The fourth-order valence-electron chi connectivity index (χ4n) is 1.39. The molecule has 0 saturated carbocycles. The van der Waals surface area contributed by atoms with Crippen molar-refractivity contribution in [3.63, 3.8) is 0 Å². The van der Waals surface area contributed by atoms with Gasteiger partial charge >= 0.3 is 0 Å². The van der Waals surface area contributed by atoms with E-state index in [1.807, 2.05) is 0 Å². The van der Waals surface area contributed by atoms with E-state index in [1.165, 1.54) is 19.3 Å². The Kier molecular flexibility index (Phi) is 2.76. The van der Waals surface area contributed by atoms with Crippen molar-refractivity contribution < 1.29 is 0 Å². The van der Waals surface area contributed by atoms with E-state index in [2.05, 4.69) is 39.8 Å². The van der Waals surface area contributed by atoms with E-state index in [0.29, 0.717) is 0 Å². The Bertz CT molecular complexity index is 84.9. The summed E-state index contributed by atoms with van der Waals surface area (Å²) < 4.78 is 2.45. The minimum Gasteiger partial charge on any atom is -0.242 e. The zero-order valence-electron chi connectivity index (χ0n) is 6.10. The molecule has 1 heterocycles. The Labute approximate surface area is 71.3 Å². The van der Waals surface area contributed by atoms with Crippen LogP contribution in [0.25, 0.3) is 0 Å². The molecule has 0 N–H and O–H groups in total. The molecule has 1 aliphatic heterocycles. The lowest BCUT2D eigenvalue weighted by Crippen LogP contribution is -2.35. The van der Waals surface area contributed by atoms with Gasteiger partial charge in [-0.3, -0.25) is 0 Å². The van der Waals surface area contributed by atoms with Crippen LogP contribution in [0, 0.1) is 0 Å². The highest BCUT2D eigenvalue weighted by Gasteiger charge is 2.21. The summed E-state index contributed by atoms with van der Waals surface area (Å²) in [6.45, 7) is 4.62. The van der Waals surface area contributed by atoms with E-state index in [9.17, 15) is 0 Å². The molecule has 1 nitrogen and oxygen atoms in total. The topological polar surface area (TPSA) is 3.24 Å². The molecule has 0 aromatic carbocycles. The largest absolute Gasteiger partial charge is 0.242 e. The number of hydrogen-bond acceptors (Lipinski definition) is 1. The van der Waals surface area contributed by atoms with Gasteiger partial charge in [-0.15, -0.1) is 0 Å². The molecule has 1 saturated heterocycles. The van der Waals surface area contributed by atoms with Gasteiger partial charge in [0.05, 0.1) is 0 Å². The highest BCUT2D eigenvalue weighted by Crippen LogP contribution is 2.25. The first-order valence-electron chi connectivity index (χ1n) is 3.66. The summed E-state index contributed by atoms with van der Waals surface area (Å²) >= 11 is 2.44. The third-order valence-electron chi connectivity index (χ3n) is 2.09. The van der Waals surface area contributed by atoms with Crippen LogP contribution in [-0.4, -0.2) is 15.2 Å². The van der Waals surface area contributed by atoms with Gasteiger partial charge in [0.25, 0.3) is 0 Å². The fourth-order valence-corrected chi connectivity index (χ4v) is 1.95. The highest BCUT2D eigenvalue weighted by molar-refractivity contribution is 14.1. The maximum Gasteiger partial charge on any atom is 0.0207 e. The van der Waals surface area contributed by atoms with Gasteiger partial charge in [0.1, 0.15) is 0 Å². The first-order chi connectivity index (χ1) is 4.22. The Morgan fingerprint density at radius 3 is 2.00 bits per heavy atom. The van der Waals surface area contributed by atoms with Crippen molar-refractivity contribution >= 4 is 22.9 Å². The number of rotatable bonds is 0. The molecule has 1 fully saturated rings. The number of hydrogen-bond donors (Lipinski definition) is 0. The second kappa shape index (κ2) is 3.19. The van der Waals surface area contributed by atoms with Crippen LogP contribution in [0.2, 0.25) is 0 Å². The Balaban J connectivity index is 2.41. The summed E-state index contributed by atoms with van der Waals surface area (Å²) in [5.41, 5.74) is 0. The lowest BCUT2D eigenvalue weighted by atomic mass is 10.0. The predicted octanol–water partition coefficient (Wildman–Crippen LogP) is 2.60. The Morgan fingerprint density at radius 1 is 1.22 bits per heavy atom.